The molecule has 1 saturated heterocycles. The predicted octanol–water partition coefficient (Wildman–Crippen LogP) is 0.237. The van der Waals surface area contributed by atoms with Gasteiger partial charge in [0.15, 0.2) is 11.5 Å². The highest BCUT2D eigenvalue weighted by atomic mass is 16.7. The molecule has 2 heterocycles. The van der Waals surface area contributed by atoms with Gasteiger partial charge >= 0.3 is 0 Å². The Morgan fingerprint density at radius 1 is 1.00 bits per heavy atom. The van der Waals surface area contributed by atoms with Crippen LogP contribution < -0.4 is 9.47 Å². The summed E-state index contributed by atoms with van der Waals surface area (Å²) < 4.78 is 10.6. The molecule has 28 heavy (non-hydrogen) atoms. The molecule has 0 aromatic heterocycles. The van der Waals surface area contributed by atoms with Crippen molar-refractivity contribution >= 4 is 17.6 Å². The Bertz CT molecular complexity index is 868. The van der Waals surface area contributed by atoms with Gasteiger partial charge in [0.25, 0.3) is 0 Å². The third-order valence-electron chi connectivity index (χ3n) is 6.63. The van der Waals surface area contributed by atoms with E-state index in [-0.39, 0.29) is 37.4 Å². The highest BCUT2D eigenvalue weighted by molar-refractivity contribution is 6.06. The molecule has 0 spiro atoms. The first-order valence-corrected chi connectivity index (χ1v) is 9.58. The molecule has 2 saturated carbocycles. The lowest BCUT2D eigenvalue weighted by molar-refractivity contribution is -0.156. The van der Waals surface area contributed by atoms with Crippen LogP contribution in [0.2, 0.25) is 0 Å². The smallest absolute Gasteiger partial charge is 0.233 e. The number of ketones is 1. The topological polar surface area (TPSA) is 113 Å². The maximum Gasteiger partial charge on any atom is 0.233 e. The van der Waals surface area contributed by atoms with Crippen molar-refractivity contribution in [2.24, 2.45) is 23.7 Å². The van der Waals surface area contributed by atoms with Gasteiger partial charge in [0.1, 0.15) is 5.78 Å². The lowest BCUT2D eigenvalue weighted by atomic mass is 9.60. The number of aliphatic hydroxyl groups excluding tert-OH is 2. The van der Waals surface area contributed by atoms with Crippen molar-refractivity contribution < 1.29 is 34.1 Å². The van der Waals surface area contributed by atoms with E-state index in [9.17, 15) is 24.6 Å². The van der Waals surface area contributed by atoms with E-state index in [4.69, 9.17) is 9.47 Å². The summed E-state index contributed by atoms with van der Waals surface area (Å²) >= 11 is 0. The molecule has 5 rings (SSSR count). The number of carbonyl (C=O) groups excluding carboxylic acids is 3. The fourth-order valence-electron chi connectivity index (χ4n) is 5.29. The lowest BCUT2D eigenvalue weighted by Gasteiger charge is -2.44. The monoisotopic (exact) mass is 387 g/mol. The minimum absolute atomic E-state index is 0.0945. The van der Waals surface area contributed by atoms with Gasteiger partial charge in [0, 0.05) is 18.3 Å². The normalized spacial score (nSPS) is 36.5. The zero-order chi connectivity index (χ0) is 19.6. The van der Waals surface area contributed by atoms with Crippen molar-refractivity contribution in [1.29, 1.82) is 0 Å². The van der Waals surface area contributed by atoms with E-state index < -0.39 is 35.9 Å². The molecular weight excluding hydrogens is 366 g/mol. The summed E-state index contributed by atoms with van der Waals surface area (Å²) in [5, 5.41) is 20.6. The molecule has 3 fully saturated rings. The number of amides is 2. The van der Waals surface area contributed by atoms with Gasteiger partial charge in [-0.05, 0) is 30.5 Å². The first kappa shape index (κ1) is 17.6. The van der Waals surface area contributed by atoms with Crippen LogP contribution in [0.3, 0.4) is 0 Å². The molecular formula is C20H21NO7. The molecule has 0 radical (unpaired) electrons. The zero-order valence-electron chi connectivity index (χ0n) is 15.1. The molecule has 0 bridgehead atoms. The summed E-state index contributed by atoms with van der Waals surface area (Å²) in [6.45, 7) is 0.243. The van der Waals surface area contributed by atoms with Crippen molar-refractivity contribution in [1.82, 2.24) is 4.90 Å². The van der Waals surface area contributed by atoms with Crippen LogP contribution in [0.15, 0.2) is 18.2 Å². The quantitative estimate of drug-likeness (QED) is 0.699. The lowest BCUT2D eigenvalue weighted by Crippen LogP contribution is -2.54. The fourth-order valence-corrected chi connectivity index (χ4v) is 5.29. The van der Waals surface area contributed by atoms with Gasteiger partial charge in [0.05, 0.1) is 30.6 Å². The fraction of sp³-hybridized carbons (Fsp3) is 0.550. The number of hydrogen-bond acceptors (Lipinski definition) is 7. The Morgan fingerprint density at radius 2 is 1.75 bits per heavy atom. The summed E-state index contributed by atoms with van der Waals surface area (Å²) in [5.41, 5.74) is 0.737. The Morgan fingerprint density at radius 3 is 2.57 bits per heavy atom. The first-order valence-electron chi connectivity index (χ1n) is 9.58. The maximum atomic E-state index is 13.1. The molecule has 8 heteroatoms. The number of fused-ring (bicyclic) bond motifs is 4. The number of imide groups is 1. The van der Waals surface area contributed by atoms with Gasteiger partial charge < -0.3 is 19.7 Å². The summed E-state index contributed by atoms with van der Waals surface area (Å²) in [7, 11) is 0. The summed E-state index contributed by atoms with van der Waals surface area (Å²) in [6, 6.07) is 5.27. The van der Waals surface area contributed by atoms with Crippen LogP contribution in [0.25, 0.3) is 0 Å². The molecule has 148 valence electrons. The van der Waals surface area contributed by atoms with E-state index in [1.807, 2.05) is 0 Å². The number of aliphatic hydroxyl groups is 2. The predicted molar refractivity (Wildman–Crippen MR) is 93.0 cm³/mol. The number of hydrogen-bond donors (Lipinski definition) is 2. The molecule has 2 N–H and O–H groups in total. The van der Waals surface area contributed by atoms with Gasteiger partial charge in [-0.15, -0.1) is 0 Å². The van der Waals surface area contributed by atoms with Crippen molar-refractivity contribution in [3.05, 3.63) is 23.8 Å². The third kappa shape index (κ3) is 2.48. The summed E-state index contributed by atoms with van der Waals surface area (Å²) in [4.78, 5) is 39.7. The van der Waals surface area contributed by atoms with Crippen molar-refractivity contribution in [2.75, 3.05) is 6.79 Å². The number of nitrogens with zero attached hydrogens (tertiary/aromatic N) is 1. The van der Waals surface area contributed by atoms with Crippen molar-refractivity contribution in [3.8, 4) is 11.5 Å². The van der Waals surface area contributed by atoms with Crippen LogP contribution in [-0.2, 0) is 20.9 Å². The highest BCUT2D eigenvalue weighted by Crippen LogP contribution is 2.49. The van der Waals surface area contributed by atoms with Gasteiger partial charge in [-0.2, -0.15) is 0 Å². The van der Waals surface area contributed by atoms with Crippen LogP contribution in [0.4, 0.5) is 0 Å². The maximum absolute atomic E-state index is 13.1. The van der Waals surface area contributed by atoms with Crippen LogP contribution in [0.5, 0.6) is 11.5 Å². The Labute approximate surface area is 161 Å². The Balaban J connectivity index is 1.43. The molecule has 2 amide bonds. The highest BCUT2D eigenvalue weighted by Gasteiger charge is 2.60. The van der Waals surface area contributed by atoms with E-state index in [1.165, 1.54) is 4.90 Å². The number of rotatable bonds is 2. The van der Waals surface area contributed by atoms with Crippen LogP contribution in [-0.4, -0.2) is 51.7 Å². The number of carbonyl (C=O) groups is 3. The summed E-state index contributed by atoms with van der Waals surface area (Å²) in [5.74, 6) is -2.05. The van der Waals surface area contributed by atoms with E-state index in [0.29, 0.717) is 24.3 Å². The van der Waals surface area contributed by atoms with Gasteiger partial charge in [0.2, 0.25) is 18.6 Å². The van der Waals surface area contributed by atoms with Crippen molar-refractivity contribution in [3.63, 3.8) is 0 Å². The van der Waals surface area contributed by atoms with E-state index in [2.05, 4.69) is 0 Å². The average Bonchev–Trinajstić information content (AvgIpc) is 3.24. The minimum Gasteiger partial charge on any atom is -0.454 e. The van der Waals surface area contributed by atoms with Crippen LogP contribution in [0.1, 0.15) is 24.8 Å². The Kier molecular flexibility index (Phi) is 3.96. The second-order valence-electron chi connectivity index (χ2n) is 8.07. The first-order chi connectivity index (χ1) is 13.5. The Hall–Kier alpha value is -2.45. The number of likely N-dealkylation sites (tertiary alicyclic amines) is 1. The van der Waals surface area contributed by atoms with E-state index in [0.717, 1.165) is 5.56 Å². The van der Waals surface area contributed by atoms with Crippen molar-refractivity contribution in [2.45, 2.75) is 38.0 Å². The molecule has 1 aromatic rings. The second kappa shape index (κ2) is 6.28. The van der Waals surface area contributed by atoms with Crippen LogP contribution in [0, 0.1) is 23.7 Å². The average molecular weight is 387 g/mol. The van der Waals surface area contributed by atoms with Crippen LogP contribution >= 0.6 is 0 Å². The van der Waals surface area contributed by atoms with Gasteiger partial charge in [-0.3, -0.25) is 19.3 Å². The number of ether oxygens (including phenoxy) is 2. The molecule has 1 unspecified atom stereocenters. The number of benzene rings is 1. The largest absolute Gasteiger partial charge is 0.454 e. The van der Waals surface area contributed by atoms with E-state index >= 15 is 0 Å². The molecule has 1 aromatic carbocycles. The zero-order valence-corrected chi connectivity index (χ0v) is 15.1. The van der Waals surface area contributed by atoms with Gasteiger partial charge in [-0.1, -0.05) is 6.07 Å². The standard InChI is InChI=1S/C20H21NO7/c22-12-6-13(23)18(24)16-10(12)2-3-11-17(16)20(26)21(19(11)25)7-9-1-4-14-15(5-9)28-8-27-14/h1,4-5,10-11,13,16-18,23-24H,2-3,6-8H2/t10-,11-,13-,16+,17-,18?/m1/s1. The number of Topliss-reactive ketones (excluding diaryl/α,β-unsaturated/α-hetero) is 1. The second-order valence-corrected chi connectivity index (χ2v) is 8.07. The summed E-state index contributed by atoms with van der Waals surface area (Å²) in [6.07, 6.45) is -1.53. The molecule has 6 atom stereocenters. The SMILES string of the molecule is O=C1C[C@@H](O)C(O)[C@@H]2[C@@H]3C(=O)N(Cc4ccc5c(c4)OCO5)C(=O)[C@@H]3CC[C@H]12. The van der Waals surface area contributed by atoms with Gasteiger partial charge in [-0.25, -0.2) is 0 Å². The molecule has 8 nitrogen and oxygen atoms in total. The molecule has 2 aliphatic carbocycles. The van der Waals surface area contributed by atoms with E-state index in [1.54, 1.807) is 18.2 Å². The third-order valence-corrected chi connectivity index (χ3v) is 6.63. The molecule has 4 aliphatic rings. The minimum atomic E-state index is -1.18. The molecule has 2 aliphatic heterocycles.